The molecule has 0 saturated heterocycles. The van der Waals surface area contributed by atoms with Crippen molar-refractivity contribution in [2.75, 3.05) is 31.3 Å². The van der Waals surface area contributed by atoms with Crippen molar-refractivity contribution >= 4 is 39.7 Å². The van der Waals surface area contributed by atoms with E-state index >= 15 is 0 Å². The molecule has 0 unspecified atom stereocenters. The van der Waals surface area contributed by atoms with Crippen molar-refractivity contribution in [3.05, 3.63) is 22.8 Å². The first-order chi connectivity index (χ1) is 8.15. The van der Waals surface area contributed by atoms with Gasteiger partial charge in [0.2, 0.25) is 0 Å². The zero-order valence-electron chi connectivity index (χ0n) is 9.74. The quantitative estimate of drug-likeness (QED) is 0.642. The Hall–Kier alpha value is -0.950. The SMILES string of the molecule is CNC(=O)NSCCN(C)c1ncccc1Br. The number of anilines is 1. The number of hydrogen-bond donors (Lipinski definition) is 2. The molecule has 0 aliphatic carbocycles. The number of pyridine rings is 1. The Morgan fingerprint density at radius 2 is 2.41 bits per heavy atom. The molecule has 1 rings (SSSR count). The predicted octanol–water partition coefficient (Wildman–Crippen LogP) is 1.86. The van der Waals surface area contributed by atoms with Crippen molar-refractivity contribution in [3.63, 3.8) is 0 Å². The molecule has 0 aliphatic rings. The molecular weight excluding hydrogens is 304 g/mol. The molecule has 94 valence electrons. The molecule has 0 fully saturated rings. The molecule has 0 aliphatic heterocycles. The number of rotatable bonds is 5. The van der Waals surface area contributed by atoms with Gasteiger partial charge in [-0.1, -0.05) is 0 Å². The second kappa shape index (κ2) is 7.39. The third-order valence-electron chi connectivity index (χ3n) is 2.02. The highest BCUT2D eigenvalue weighted by Crippen LogP contribution is 2.21. The summed E-state index contributed by atoms with van der Waals surface area (Å²) in [6.07, 6.45) is 1.76. The average Bonchev–Trinajstić information content (AvgIpc) is 2.34. The lowest BCUT2D eigenvalue weighted by Gasteiger charge is -2.18. The second-order valence-corrected chi connectivity index (χ2v) is 5.02. The zero-order valence-corrected chi connectivity index (χ0v) is 12.1. The Balaban J connectivity index is 2.33. The molecule has 1 aromatic rings. The standard InChI is InChI=1S/C10H15BrN4OS/c1-12-10(16)14-17-7-6-15(2)9-8(11)4-3-5-13-9/h3-5H,6-7H2,1-2H3,(H2,12,14,16). The molecule has 0 spiro atoms. The van der Waals surface area contributed by atoms with Gasteiger partial charge < -0.3 is 10.2 Å². The Morgan fingerprint density at radius 1 is 1.65 bits per heavy atom. The Bertz CT molecular complexity index is 377. The van der Waals surface area contributed by atoms with E-state index in [1.165, 1.54) is 11.9 Å². The Labute approximate surface area is 114 Å². The normalized spacial score (nSPS) is 9.82. The van der Waals surface area contributed by atoms with Crippen molar-refractivity contribution < 1.29 is 4.79 Å². The van der Waals surface area contributed by atoms with Crippen molar-refractivity contribution in [3.8, 4) is 0 Å². The van der Waals surface area contributed by atoms with Crippen LogP contribution in [0, 0.1) is 0 Å². The van der Waals surface area contributed by atoms with Gasteiger partial charge in [-0.2, -0.15) is 0 Å². The molecule has 0 aromatic carbocycles. The highest BCUT2D eigenvalue weighted by atomic mass is 79.9. The lowest BCUT2D eigenvalue weighted by atomic mass is 10.4. The molecule has 0 saturated carbocycles. The first-order valence-corrected chi connectivity index (χ1v) is 6.84. The molecule has 5 nitrogen and oxygen atoms in total. The monoisotopic (exact) mass is 318 g/mol. The maximum Gasteiger partial charge on any atom is 0.324 e. The summed E-state index contributed by atoms with van der Waals surface area (Å²) in [7, 11) is 3.56. The van der Waals surface area contributed by atoms with Crippen LogP contribution in [0.4, 0.5) is 10.6 Å². The van der Waals surface area contributed by atoms with Crippen LogP contribution in [0.25, 0.3) is 0 Å². The van der Waals surface area contributed by atoms with E-state index in [0.717, 1.165) is 22.6 Å². The summed E-state index contributed by atoms with van der Waals surface area (Å²) in [5, 5.41) is 2.49. The summed E-state index contributed by atoms with van der Waals surface area (Å²) in [6.45, 7) is 0.796. The van der Waals surface area contributed by atoms with Crippen LogP contribution in [0.1, 0.15) is 0 Å². The molecule has 1 aromatic heterocycles. The fourth-order valence-corrected chi connectivity index (χ4v) is 2.37. The van der Waals surface area contributed by atoms with E-state index in [0.29, 0.717) is 0 Å². The van der Waals surface area contributed by atoms with Gasteiger partial charge in [0.05, 0.1) is 4.47 Å². The topological polar surface area (TPSA) is 57.3 Å². The van der Waals surface area contributed by atoms with E-state index in [4.69, 9.17) is 0 Å². The van der Waals surface area contributed by atoms with Gasteiger partial charge in [-0.3, -0.25) is 4.72 Å². The Morgan fingerprint density at radius 3 is 3.06 bits per heavy atom. The molecule has 1 heterocycles. The number of urea groups is 1. The molecule has 2 N–H and O–H groups in total. The number of aromatic nitrogens is 1. The maximum atomic E-state index is 10.9. The van der Waals surface area contributed by atoms with Gasteiger partial charge in [0.15, 0.2) is 0 Å². The number of hydrogen-bond acceptors (Lipinski definition) is 4. The van der Waals surface area contributed by atoms with Crippen LogP contribution < -0.4 is 14.9 Å². The fraction of sp³-hybridized carbons (Fsp3) is 0.400. The van der Waals surface area contributed by atoms with Gasteiger partial charge in [0.25, 0.3) is 0 Å². The number of halogens is 1. The third kappa shape index (κ3) is 4.82. The minimum Gasteiger partial charge on any atom is -0.358 e. The summed E-state index contributed by atoms with van der Waals surface area (Å²) in [4.78, 5) is 17.2. The first kappa shape index (κ1) is 14.1. The number of nitrogens with zero attached hydrogens (tertiary/aromatic N) is 2. The molecular formula is C10H15BrN4OS. The molecule has 17 heavy (non-hydrogen) atoms. The summed E-state index contributed by atoms with van der Waals surface area (Å²) >= 11 is 4.82. The van der Waals surface area contributed by atoms with Crippen molar-refractivity contribution in [1.82, 2.24) is 15.0 Å². The van der Waals surface area contributed by atoms with Crippen LogP contribution in [-0.2, 0) is 0 Å². The molecule has 0 atom stereocenters. The second-order valence-electron chi connectivity index (χ2n) is 3.26. The summed E-state index contributed by atoms with van der Waals surface area (Å²) in [6, 6.07) is 3.65. The van der Waals surface area contributed by atoms with Crippen LogP contribution in [-0.4, -0.2) is 37.4 Å². The summed E-state index contributed by atoms with van der Waals surface area (Å²) in [5.74, 6) is 1.68. The van der Waals surface area contributed by atoms with Gasteiger partial charge in [-0.25, -0.2) is 9.78 Å². The average molecular weight is 319 g/mol. The third-order valence-corrected chi connectivity index (χ3v) is 3.36. The maximum absolute atomic E-state index is 10.9. The molecule has 0 radical (unpaired) electrons. The fourth-order valence-electron chi connectivity index (χ4n) is 1.11. The van der Waals surface area contributed by atoms with Crippen molar-refractivity contribution in [1.29, 1.82) is 0 Å². The number of carbonyl (C=O) groups excluding carboxylic acids is 1. The lowest BCUT2D eigenvalue weighted by molar-refractivity contribution is 0.248. The van der Waals surface area contributed by atoms with Crippen LogP contribution >= 0.6 is 27.9 Å². The number of amides is 2. The predicted molar refractivity (Wildman–Crippen MR) is 75.3 cm³/mol. The van der Waals surface area contributed by atoms with Crippen LogP contribution in [0.2, 0.25) is 0 Å². The van der Waals surface area contributed by atoms with Gasteiger partial charge >= 0.3 is 6.03 Å². The lowest BCUT2D eigenvalue weighted by Crippen LogP contribution is -2.29. The number of nitrogens with one attached hydrogen (secondary N) is 2. The van der Waals surface area contributed by atoms with Crippen LogP contribution in [0.5, 0.6) is 0 Å². The van der Waals surface area contributed by atoms with E-state index in [1.54, 1.807) is 13.2 Å². The van der Waals surface area contributed by atoms with E-state index in [1.807, 2.05) is 24.1 Å². The van der Waals surface area contributed by atoms with Crippen molar-refractivity contribution in [2.24, 2.45) is 0 Å². The minimum atomic E-state index is -0.184. The smallest absolute Gasteiger partial charge is 0.324 e. The van der Waals surface area contributed by atoms with Gasteiger partial charge in [0.1, 0.15) is 5.82 Å². The van der Waals surface area contributed by atoms with Gasteiger partial charge in [0, 0.05) is 32.6 Å². The first-order valence-electron chi connectivity index (χ1n) is 5.06. The zero-order chi connectivity index (χ0) is 12.7. The Kier molecular flexibility index (Phi) is 6.13. The molecule has 2 amide bonds. The molecule has 7 heteroatoms. The minimum absolute atomic E-state index is 0.184. The summed E-state index contributed by atoms with van der Waals surface area (Å²) in [5.41, 5.74) is 0. The number of carbonyl (C=O) groups is 1. The molecule has 0 bridgehead atoms. The van der Waals surface area contributed by atoms with Crippen LogP contribution in [0.3, 0.4) is 0 Å². The summed E-state index contributed by atoms with van der Waals surface area (Å²) < 4.78 is 3.63. The highest BCUT2D eigenvalue weighted by Gasteiger charge is 2.06. The van der Waals surface area contributed by atoms with E-state index < -0.39 is 0 Å². The van der Waals surface area contributed by atoms with E-state index in [9.17, 15) is 4.79 Å². The van der Waals surface area contributed by atoms with E-state index in [-0.39, 0.29) is 6.03 Å². The van der Waals surface area contributed by atoms with Crippen molar-refractivity contribution in [2.45, 2.75) is 0 Å². The van der Waals surface area contributed by atoms with Gasteiger partial charge in [-0.15, -0.1) is 0 Å². The van der Waals surface area contributed by atoms with Gasteiger partial charge in [-0.05, 0) is 40.0 Å². The largest absolute Gasteiger partial charge is 0.358 e. The van der Waals surface area contributed by atoms with E-state index in [2.05, 4.69) is 31.0 Å². The van der Waals surface area contributed by atoms with Crippen LogP contribution in [0.15, 0.2) is 22.8 Å². The highest BCUT2D eigenvalue weighted by molar-refractivity contribution is 9.10.